The molecule has 0 radical (unpaired) electrons. The van der Waals surface area contributed by atoms with E-state index in [4.69, 9.17) is 5.14 Å². The number of carbonyl (C=O) groups excluding carboxylic acids is 1. The van der Waals surface area contributed by atoms with Crippen LogP contribution in [0, 0.1) is 6.92 Å². The first-order valence-electron chi connectivity index (χ1n) is 8.69. The van der Waals surface area contributed by atoms with Crippen molar-refractivity contribution in [1.29, 1.82) is 0 Å². The van der Waals surface area contributed by atoms with Gasteiger partial charge in [-0.1, -0.05) is 18.2 Å². The number of amides is 2. The van der Waals surface area contributed by atoms with Crippen LogP contribution in [-0.4, -0.2) is 46.6 Å². The van der Waals surface area contributed by atoms with E-state index in [0.717, 1.165) is 11.3 Å². The molecule has 152 valence electrons. The molecule has 0 spiro atoms. The number of urea groups is 1. The zero-order valence-corrected chi connectivity index (χ0v) is 17.0. The van der Waals surface area contributed by atoms with Gasteiger partial charge in [-0.15, -0.1) is 5.10 Å². The normalized spacial score (nSPS) is 12.4. The maximum absolute atomic E-state index is 12.7. The van der Waals surface area contributed by atoms with E-state index >= 15 is 0 Å². The number of nitrogens with two attached hydrogens (primary N) is 1. The van der Waals surface area contributed by atoms with Crippen LogP contribution < -0.4 is 10.5 Å². The summed E-state index contributed by atoms with van der Waals surface area (Å²) in [5.74, 6) is 0.627. The topological polar surface area (TPSA) is 136 Å². The molecule has 0 aliphatic carbocycles. The van der Waals surface area contributed by atoms with Crippen molar-refractivity contribution < 1.29 is 13.2 Å². The van der Waals surface area contributed by atoms with E-state index in [1.807, 2.05) is 13.0 Å². The van der Waals surface area contributed by atoms with Gasteiger partial charge in [-0.3, -0.25) is 0 Å². The predicted octanol–water partition coefficient (Wildman–Crippen LogP) is 1.84. The molecule has 0 fully saturated rings. The standard InChI is InChI=1S/C18H21N7O3S/c1-12(14-7-9-17(10-8-14)29(19,27)28)24(3)18(26)20-15-5-4-6-16(11-15)25-13(2)21-22-23-25/h4-12H,1-3H3,(H,20,26)(H2,19,27,28). The summed E-state index contributed by atoms with van der Waals surface area (Å²) in [5, 5.41) is 19.3. The summed E-state index contributed by atoms with van der Waals surface area (Å²) in [4.78, 5) is 14.2. The van der Waals surface area contributed by atoms with Crippen molar-refractivity contribution in [3.63, 3.8) is 0 Å². The summed E-state index contributed by atoms with van der Waals surface area (Å²) in [6.07, 6.45) is 0. The van der Waals surface area contributed by atoms with Gasteiger partial charge in [-0.25, -0.2) is 18.4 Å². The number of sulfonamides is 1. The second kappa shape index (κ2) is 7.97. The smallest absolute Gasteiger partial charge is 0.321 e. The Bertz CT molecular complexity index is 1130. The molecule has 0 bridgehead atoms. The maximum atomic E-state index is 12.7. The van der Waals surface area contributed by atoms with Crippen molar-refractivity contribution in [2.24, 2.45) is 5.14 Å². The van der Waals surface area contributed by atoms with Crippen LogP contribution in [0.1, 0.15) is 24.4 Å². The van der Waals surface area contributed by atoms with Crippen molar-refractivity contribution in [3.05, 3.63) is 59.9 Å². The van der Waals surface area contributed by atoms with E-state index in [0.29, 0.717) is 11.5 Å². The average Bonchev–Trinajstić information content (AvgIpc) is 3.12. The molecule has 0 saturated heterocycles. The lowest BCUT2D eigenvalue weighted by Gasteiger charge is -2.26. The monoisotopic (exact) mass is 415 g/mol. The van der Waals surface area contributed by atoms with Gasteiger partial charge in [-0.05, 0) is 60.2 Å². The van der Waals surface area contributed by atoms with Crippen LogP contribution in [0.25, 0.3) is 5.69 Å². The van der Waals surface area contributed by atoms with Crippen molar-refractivity contribution in [1.82, 2.24) is 25.1 Å². The van der Waals surface area contributed by atoms with Gasteiger partial charge in [0.25, 0.3) is 0 Å². The number of carbonyl (C=O) groups is 1. The van der Waals surface area contributed by atoms with E-state index in [1.54, 1.807) is 49.0 Å². The molecule has 10 nitrogen and oxygen atoms in total. The minimum Gasteiger partial charge on any atom is -0.321 e. The molecule has 3 rings (SSSR count). The van der Waals surface area contributed by atoms with Crippen LogP contribution in [0.15, 0.2) is 53.4 Å². The third kappa shape index (κ3) is 4.58. The van der Waals surface area contributed by atoms with Crippen molar-refractivity contribution in [3.8, 4) is 5.69 Å². The van der Waals surface area contributed by atoms with E-state index in [2.05, 4.69) is 20.8 Å². The fourth-order valence-electron chi connectivity index (χ4n) is 2.73. The number of rotatable bonds is 5. The highest BCUT2D eigenvalue weighted by atomic mass is 32.2. The fraction of sp³-hybridized carbons (Fsp3) is 0.222. The quantitative estimate of drug-likeness (QED) is 0.652. The summed E-state index contributed by atoms with van der Waals surface area (Å²) >= 11 is 0. The Labute approximate surface area is 168 Å². The molecule has 2 aromatic carbocycles. The minimum absolute atomic E-state index is 0.0234. The Balaban J connectivity index is 1.73. The number of benzene rings is 2. The Morgan fingerprint density at radius 2 is 1.90 bits per heavy atom. The predicted molar refractivity (Wildman–Crippen MR) is 107 cm³/mol. The third-order valence-corrected chi connectivity index (χ3v) is 5.49. The molecule has 0 aliphatic rings. The average molecular weight is 415 g/mol. The SMILES string of the molecule is Cc1nnnn1-c1cccc(NC(=O)N(C)C(C)c2ccc(S(N)(=O)=O)cc2)c1. The zero-order valence-electron chi connectivity index (χ0n) is 16.1. The number of aryl methyl sites for hydroxylation is 1. The molecule has 2 amide bonds. The fourth-order valence-corrected chi connectivity index (χ4v) is 3.25. The highest BCUT2D eigenvalue weighted by Gasteiger charge is 2.18. The van der Waals surface area contributed by atoms with Gasteiger partial charge in [0.1, 0.15) is 0 Å². The molecule has 11 heteroatoms. The Morgan fingerprint density at radius 1 is 1.21 bits per heavy atom. The zero-order chi connectivity index (χ0) is 21.2. The van der Waals surface area contributed by atoms with Crippen LogP contribution in [0.4, 0.5) is 10.5 Å². The van der Waals surface area contributed by atoms with Gasteiger partial charge < -0.3 is 10.2 Å². The lowest BCUT2D eigenvalue weighted by atomic mass is 10.1. The van der Waals surface area contributed by atoms with E-state index in [1.165, 1.54) is 17.0 Å². The number of nitrogens with zero attached hydrogens (tertiary/aromatic N) is 5. The molecule has 3 N–H and O–H groups in total. The summed E-state index contributed by atoms with van der Waals surface area (Å²) in [6, 6.07) is 12.6. The number of hydrogen-bond donors (Lipinski definition) is 2. The van der Waals surface area contributed by atoms with Gasteiger partial charge in [0, 0.05) is 12.7 Å². The number of nitrogens with one attached hydrogen (secondary N) is 1. The molecule has 1 unspecified atom stereocenters. The lowest BCUT2D eigenvalue weighted by Crippen LogP contribution is -2.33. The van der Waals surface area contributed by atoms with Gasteiger partial charge in [0.2, 0.25) is 10.0 Å². The molecule has 1 heterocycles. The largest absolute Gasteiger partial charge is 0.322 e. The molecule has 1 aromatic heterocycles. The van der Waals surface area contributed by atoms with Crippen LogP contribution in [0.5, 0.6) is 0 Å². The maximum Gasteiger partial charge on any atom is 0.322 e. The minimum atomic E-state index is -3.76. The molecule has 1 atom stereocenters. The van der Waals surface area contributed by atoms with Crippen LogP contribution in [0.3, 0.4) is 0 Å². The summed E-state index contributed by atoms with van der Waals surface area (Å²) in [6.45, 7) is 3.62. The third-order valence-electron chi connectivity index (χ3n) is 4.56. The molecule has 0 saturated carbocycles. The number of anilines is 1. The van der Waals surface area contributed by atoms with Gasteiger partial charge >= 0.3 is 6.03 Å². The first-order chi connectivity index (χ1) is 13.7. The van der Waals surface area contributed by atoms with E-state index in [-0.39, 0.29) is 17.0 Å². The molecule has 3 aromatic rings. The Kier molecular flexibility index (Phi) is 5.62. The van der Waals surface area contributed by atoms with Crippen LogP contribution in [0.2, 0.25) is 0 Å². The summed E-state index contributed by atoms with van der Waals surface area (Å²) in [7, 11) is -2.10. The van der Waals surface area contributed by atoms with Crippen molar-refractivity contribution >= 4 is 21.7 Å². The molecule has 29 heavy (non-hydrogen) atoms. The number of primary sulfonamides is 1. The van der Waals surface area contributed by atoms with E-state index < -0.39 is 10.0 Å². The van der Waals surface area contributed by atoms with Crippen LogP contribution >= 0.6 is 0 Å². The van der Waals surface area contributed by atoms with Crippen LogP contribution in [-0.2, 0) is 10.0 Å². The Hall–Kier alpha value is -3.31. The highest BCUT2D eigenvalue weighted by Crippen LogP contribution is 2.22. The number of aromatic nitrogens is 4. The summed E-state index contributed by atoms with van der Waals surface area (Å²) in [5.41, 5.74) is 2.08. The van der Waals surface area contributed by atoms with Gasteiger partial charge in [0.05, 0.1) is 16.6 Å². The first-order valence-corrected chi connectivity index (χ1v) is 10.2. The Morgan fingerprint density at radius 3 is 2.48 bits per heavy atom. The van der Waals surface area contributed by atoms with Gasteiger partial charge in [0.15, 0.2) is 5.82 Å². The van der Waals surface area contributed by atoms with Crippen molar-refractivity contribution in [2.45, 2.75) is 24.8 Å². The first kappa shape index (κ1) is 20.4. The lowest BCUT2D eigenvalue weighted by molar-refractivity contribution is 0.208. The van der Waals surface area contributed by atoms with Crippen molar-refractivity contribution in [2.75, 3.05) is 12.4 Å². The number of hydrogen-bond acceptors (Lipinski definition) is 6. The molecular formula is C18H21N7O3S. The van der Waals surface area contributed by atoms with Gasteiger partial charge in [-0.2, -0.15) is 4.68 Å². The molecular weight excluding hydrogens is 394 g/mol. The highest BCUT2D eigenvalue weighted by molar-refractivity contribution is 7.89. The molecule has 0 aliphatic heterocycles. The van der Waals surface area contributed by atoms with E-state index in [9.17, 15) is 13.2 Å². The second-order valence-corrected chi connectivity index (χ2v) is 8.08. The number of tetrazole rings is 1. The second-order valence-electron chi connectivity index (χ2n) is 6.52. The summed E-state index contributed by atoms with van der Waals surface area (Å²) < 4.78 is 24.3.